The second-order valence-electron chi connectivity index (χ2n) is 3.66. The minimum absolute atomic E-state index is 0.0231. The van der Waals surface area contributed by atoms with Crippen molar-refractivity contribution in [1.29, 1.82) is 0 Å². The molecule has 90 valence electrons. The molecule has 3 N–H and O–H groups in total. The monoisotopic (exact) mass is 244 g/mol. The Morgan fingerprint density at radius 2 is 1.88 bits per heavy atom. The van der Waals surface area contributed by atoms with Crippen molar-refractivity contribution in [2.75, 3.05) is 12.5 Å². The van der Waals surface area contributed by atoms with E-state index in [0.717, 1.165) is 5.56 Å². The maximum Gasteiger partial charge on any atom is 0.105 e. The van der Waals surface area contributed by atoms with Gasteiger partial charge in [0.2, 0.25) is 0 Å². The van der Waals surface area contributed by atoms with Crippen molar-refractivity contribution < 1.29 is 15.3 Å². The molecule has 1 rings (SSSR count). The summed E-state index contributed by atoms with van der Waals surface area (Å²) in [4.78, 5) is 0. The highest BCUT2D eigenvalue weighted by molar-refractivity contribution is 6.17. The first-order valence-electron chi connectivity index (χ1n) is 5.31. The number of halogens is 1. The topological polar surface area (TPSA) is 60.7 Å². The molecule has 1 aromatic rings. The van der Waals surface area contributed by atoms with E-state index in [1.807, 2.05) is 12.1 Å². The molecule has 0 saturated carbocycles. The summed E-state index contributed by atoms with van der Waals surface area (Å²) in [5, 5.41) is 28.5. The average molecular weight is 245 g/mol. The van der Waals surface area contributed by atoms with Crippen molar-refractivity contribution >= 4 is 11.6 Å². The van der Waals surface area contributed by atoms with Crippen LogP contribution in [0.15, 0.2) is 24.3 Å². The molecular formula is C12H17ClO3. The lowest BCUT2D eigenvalue weighted by Gasteiger charge is -2.19. The number of aliphatic hydroxyl groups excluding tert-OH is 3. The van der Waals surface area contributed by atoms with Crippen LogP contribution in [0.1, 0.15) is 23.7 Å². The minimum atomic E-state index is -0.943. The Kier molecular flexibility index (Phi) is 5.77. The van der Waals surface area contributed by atoms with Gasteiger partial charge in [-0.3, -0.25) is 0 Å². The van der Waals surface area contributed by atoms with Gasteiger partial charge in [-0.2, -0.15) is 0 Å². The number of benzene rings is 1. The van der Waals surface area contributed by atoms with E-state index in [-0.39, 0.29) is 6.61 Å². The standard InChI is InChI=1S/C12H17ClO3/c13-7-5-11(15)12(16)10-4-2-1-3-9(10)6-8-14/h1-4,11-12,14-16H,5-8H2. The van der Waals surface area contributed by atoms with Crippen molar-refractivity contribution in [3.63, 3.8) is 0 Å². The molecule has 0 aromatic heterocycles. The second-order valence-corrected chi connectivity index (χ2v) is 4.04. The predicted octanol–water partition coefficient (Wildman–Crippen LogP) is 1.24. The van der Waals surface area contributed by atoms with Gasteiger partial charge in [-0.15, -0.1) is 11.6 Å². The van der Waals surface area contributed by atoms with Gasteiger partial charge in [-0.05, 0) is 24.0 Å². The second kappa shape index (κ2) is 6.86. The molecule has 0 radical (unpaired) electrons. The third-order valence-electron chi connectivity index (χ3n) is 2.52. The lowest BCUT2D eigenvalue weighted by Crippen LogP contribution is -2.20. The molecule has 0 bridgehead atoms. The van der Waals surface area contributed by atoms with Crippen LogP contribution in [-0.2, 0) is 6.42 Å². The smallest absolute Gasteiger partial charge is 0.105 e. The van der Waals surface area contributed by atoms with E-state index in [9.17, 15) is 10.2 Å². The molecule has 2 unspecified atom stereocenters. The SMILES string of the molecule is OCCc1ccccc1C(O)C(O)CCCl. The summed E-state index contributed by atoms with van der Waals surface area (Å²) in [5.41, 5.74) is 1.51. The fraction of sp³-hybridized carbons (Fsp3) is 0.500. The molecule has 16 heavy (non-hydrogen) atoms. The lowest BCUT2D eigenvalue weighted by atomic mass is 9.96. The Hall–Kier alpha value is -0.610. The summed E-state index contributed by atoms with van der Waals surface area (Å²) in [5.74, 6) is 0.306. The Balaban J connectivity index is 2.84. The molecular weight excluding hydrogens is 228 g/mol. The zero-order chi connectivity index (χ0) is 12.0. The summed E-state index contributed by atoms with van der Waals surface area (Å²) in [6.07, 6.45) is -0.990. The lowest BCUT2D eigenvalue weighted by molar-refractivity contribution is 0.0164. The van der Waals surface area contributed by atoms with Gasteiger partial charge in [0.05, 0.1) is 6.10 Å². The fourth-order valence-electron chi connectivity index (χ4n) is 1.65. The number of alkyl halides is 1. The molecule has 0 heterocycles. The molecule has 0 fully saturated rings. The first-order chi connectivity index (χ1) is 7.70. The van der Waals surface area contributed by atoms with Gasteiger partial charge in [0.15, 0.2) is 0 Å². The number of rotatable bonds is 6. The van der Waals surface area contributed by atoms with Gasteiger partial charge >= 0.3 is 0 Å². The van der Waals surface area contributed by atoms with Crippen LogP contribution in [0.3, 0.4) is 0 Å². The highest BCUT2D eigenvalue weighted by Gasteiger charge is 2.19. The van der Waals surface area contributed by atoms with Gasteiger partial charge in [-0.1, -0.05) is 24.3 Å². The van der Waals surface area contributed by atoms with Crippen molar-refractivity contribution in [1.82, 2.24) is 0 Å². The van der Waals surface area contributed by atoms with Crippen LogP contribution >= 0.6 is 11.6 Å². The van der Waals surface area contributed by atoms with Crippen molar-refractivity contribution in [3.05, 3.63) is 35.4 Å². The van der Waals surface area contributed by atoms with Crippen LogP contribution in [0.5, 0.6) is 0 Å². The van der Waals surface area contributed by atoms with E-state index in [4.69, 9.17) is 16.7 Å². The summed E-state index contributed by atoms with van der Waals surface area (Å²) in [6.45, 7) is 0.0231. The molecule has 0 aliphatic heterocycles. The predicted molar refractivity (Wildman–Crippen MR) is 63.5 cm³/mol. The maximum absolute atomic E-state index is 9.94. The maximum atomic E-state index is 9.94. The minimum Gasteiger partial charge on any atom is -0.396 e. The fourth-order valence-corrected chi connectivity index (χ4v) is 1.87. The van der Waals surface area contributed by atoms with Crippen molar-refractivity contribution in [2.24, 2.45) is 0 Å². The first-order valence-corrected chi connectivity index (χ1v) is 5.85. The Morgan fingerprint density at radius 1 is 1.19 bits per heavy atom. The molecule has 0 aliphatic rings. The molecule has 4 heteroatoms. The van der Waals surface area contributed by atoms with E-state index in [1.165, 1.54) is 0 Å². The van der Waals surface area contributed by atoms with E-state index in [2.05, 4.69) is 0 Å². The third-order valence-corrected chi connectivity index (χ3v) is 2.74. The first kappa shape index (κ1) is 13.5. The van der Waals surface area contributed by atoms with Gasteiger partial charge in [-0.25, -0.2) is 0 Å². The third kappa shape index (κ3) is 3.46. The van der Waals surface area contributed by atoms with Gasteiger partial charge in [0.1, 0.15) is 6.10 Å². The summed E-state index contributed by atoms with van der Waals surface area (Å²) >= 11 is 5.52. The number of hydrogen-bond acceptors (Lipinski definition) is 3. The van der Waals surface area contributed by atoms with Crippen molar-refractivity contribution in [2.45, 2.75) is 25.0 Å². The molecule has 0 amide bonds. The zero-order valence-electron chi connectivity index (χ0n) is 9.01. The van der Waals surface area contributed by atoms with Gasteiger partial charge < -0.3 is 15.3 Å². The Labute approximate surface area is 100 Å². The largest absolute Gasteiger partial charge is 0.396 e. The van der Waals surface area contributed by atoms with Gasteiger partial charge in [0.25, 0.3) is 0 Å². The van der Waals surface area contributed by atoms with E-state index >= 15 is 0 Å². The molecule has 0 spiro atoms. The Bertz CT molecular complexity index is 317. The van der Waals surface area contributed by atoms with E-state index < -0.39 is 12.2 Å². The Morgan fingerprint density at radius 3 is 2.50 bits per heavy atom. The summed E-state index contributed by atoms with van der Waals surface area (Å²) in [7, 11) is 0. The van der Waals surface area contributed by atoms with Crippen LogP contribution in [0.2, 0.25) is 0 Å². The summed E-state index contributed by atoms with van der Waals surface area (Å²) in [6, 6.07) is 7.23. The highest BCUT2D eigenvalue weighted by Crippen LogP contribution is 2.23. The normalized spacial score (nSPS) is 14.8. The summed E-state index contributed by atoms with van der Waals surface area (Å²) < 4.78 is 0. The van der Waals surface area contributed by atoms with Crippen molar-refractivity contribution in [3.8, 4) is 0 Å². The van der Waals surface area contributed by atoms with E-state index in [1.54, 1.807) is 12.1 Å². The van der Waals surface area contributed by atoms with Crippen LogP contribution in [0.25, 0.3) is 0 Å². The molecule has 2 atom stereocenters. The highest BCUT2D eigenvalue weighted by atomic mass is 35.5. The zero-order valence-corrected chi connectivity index (χ0v) is 9.77. The average Bonchev–Trinajstić information content (AvgIpc) is 2.29. The quantitative estimate of drug-likeness (QED) is 0.660. The van der Waals surface area contributed by atoms with Crippen LogP contribution in [0, 0.1) is 0 Å². The molecule has 0 aliphatic carbocycles. The van der Waals surface area contributed by atoms with Crippen LogP contribution in [0.4, 0.5) is 0 Å². The molecule has 3 nitrogen and oxygen atoms in total. The molecule has 1 aromatic carbocycles. The number of hydrogen-bond donors (Lipinski definition) is 3. The van der Waals surface area contributed by atoms with Crippen LogP contribution in [-0.4, -0.2) is 33.9 Å². The van der Waals surface area contributed by atoms with Crippen LogP contribution < -0.4 is 0 Å². The number of aliphatic hydroxyl groups is 3. The molecule has 0 saturated heterocycles. The van der Waals surface area contributed by atoms with E-state index in [0.29, 0.717) is 24.3 Å². The van der Waals surface area contributed by atoms with Gasteiger partial charge in [0, 0.05) is 12.5 Å².